The van der Waals surface area contributed by atoms with Crippen molar-refractivity contribution in [2.45, 2.75) is 0 Å². The molecule has 0 radical (unpaired) electrons. The van der Waals surface area contributed by atoms with Crippen molar-refractivity contribution in [2.75, 3.05) is 0 Å². The van der Waals surface area contributed by atoms with Gasteiger partial charge in [-0.3, -0.25) is 4.40 Å². The van der Waals surface area contributed by atoms with E-state index in [2.05, 4.69) is 168 Å². The monoisotopic (exact) mass is 611 g/mol. The third-order valence-corrected chi connectivity index (χ3v) is 14.3. The van der Waals surface area contributed by atoms with E-state index in [1.807, 2.05) is 0 Å². The fraction of sp³-hybridized carbons (Fsp3) is 0. The number of fused-ring (bicyclic) bond motifs is 9. The van der Waals surface area contributed by atoms with Crippen LogP contribution in [0.2, 0.25) is 0 Å². The van der Waals surface area contributed by atoms with Gasteiger partial charge in [0, 0.05) is 28.4 Å². The Labute approximate surface area is 267 Å². The average Bonchev–Trinajstić information content (AvgIpc) is 3.51. The SMILES string of the molecule is S[P+](c1ccccc1)(c1ccccc1)c1cccc2c(-c3ccc4c(c3)c3ccccc3n3c5ccccc5nc43)cccc12. The van der Waals surface area contributed by atoms with Crippen molar-refractivity contribution in [3.8, 4) is 11.1 Å². The standard InChI is InChI=1S/C41H28N2PS/c45-44(29-13-3-1-4-14-29,30-15-5-2-6-16-30)40-24-12-19-32-31(18-11-20-34(32)40)28-25-26-35-36(27-28)33-17-7-9-22-38(33)43-39-23-10-8-21-37(39)42-41(35)43/h1-27,45H/q+1. The molecule has 2 nitrogen and oxygen atoms in total. The van der Waals surface area contributed by atoms with E-state index >= 15 is 0 Å². The van der Waals surface area contributed by atoms with Crippen molar-refractivity contribution in [3.63, 3.8) is 0 Å². The molecule has 9 rings (SSSR count). The molecule has 0 atom stereocenters. The summed E-state index contributed by atoms with van der Waals surface area (Å²) in [5, 5.41) is 9.85. The highest BCUT2D eigenvalue weighted by atomic mass is 32.7. The van der Waals surface area contributed by atoms with Crippen molar-refractivity contribution >= 4 is 83.8 Å². The second kappa shape index (κ2) is 10.3. The van der Waals surface area contributed by atoms with Crippen molar-refractivity contribution in [3.05, 3.63) is 164 Å². The normalized spacial score (nSPS) is 12.1. The van der Waals surface area contributed by atoms with Gasteiger partial charge in [-0.15, -0.1) is 0 Å². The van der Waals surface area contributed by atoms with Crippen LogP contribution in [0.3, 0.4) is 0 Å². The third kappa shape index (κ3) is 3.98. The largest absolute Gasteiger partial charge is 0.292 e. The molecule has 0 N–H and O–H groups in total. The summed E-state index contributed by atoms with van der Waals surface area (Å²) < 4.78 is 2.31. The maximum Gasteiger partial charge on any atom is 0.168 e. The highest BCUT2D eigenvalue weighted by Gasteiger charge is 2.43. The zero-order valence-electron chi connectivity index (χ0n) is 24.4. The van der Waals surface area contributed by atoms with Gasteiger partial charge in [0.15, 0.2) is 6.46 Å². The molecule has 0 unspecified atom stereocenters. The Morgan fingerprint density at radius 3 is 1.87 bits per heavy atom. The summed E-state index contributed by atoms with van der Waals surface area (Å²) in [6.45, 7) is -2.21. The van der Waals surface area contributed by atoms with Gasteiger partial charge in [-0.05, 0) is 82.6 Å². The number of nitrogens with zero attached hydrogens (tertiary/aromatic N) is 2. The molecule has 0 spiro atoms. The van der Waals surface area contributed by atoms with Gasteiger partial charge in [0.2, 0.25) is 0 Å². The van der Waals surface area contributed by atoms with E-state index < -0.39 is 6.46 Å². The molecule has 0 saturated carbocycles. The Bertz CT molecular complexity index is 2520. The van der Waals surface area contributed by atoms with Gasteiger partial charge >= 0.3 is 0 Å². The first-order chi connectivity index (χ1) is 22.2. The third-order valence-electron chi connectivity index (χ3n) is 9.07. The van der Waals surface area contributed by atoms with Crippen LogP contribution in [-0.4, -0.2) is 9.38 Å². The number of aromatic nitrogens is 2. The molecule has 0 aliphatic rings. The fourth-order valence-corrected chi connectivity index (χ4v) is 11.2. The van der Waals surface area contributed by atoms with Gasteiger partial charge in [-0.2, -0.15) is 0 Å². The first kappa shape index (κ1) is 26.5. The quantitative estimate of drug-likeness (QED) is 0.119. The molecular formula is C41H28N2PS+. The van der Waals surface area contributed by atoms with Gasteiger partial charge in [0.1, 0.15) is 21.6 Å². The van der Waals surface area contributed by atoms with Crippen LogP contribution >= 0.6 is 18.7 Å². The van der Waals surface area contributed by atoms with Crippen molar-refractivity contribution in [1.29, 1.82) is 0 Å². The molecule has 45 heavy (non-hydrogen) atoms. The highest BCUT2D eigenvalue weighted by Crippen LogP contribution is 2.61. The Hall–Kier alpha value is -4.95. The number of imidazole rings is 1. The number of para-hydroxylation sites is 3. The van der Waals surface area contributed by atoms with Crippen LogP contribution in [0.25, 0.3) is 60.3 Å². The van der Waals surface area contributed by atoms with E-state index in [1.165, 1.54) is 54.1 Å². The van der Waals surface area contributed by atoms with Crippen molar-refractivity contribution in [1.82, 2.24) is 9.38 Å². The zero-order valence-corrected chi connectivity index (χ0v) is 26.2. The van der Waals surface area contributed by atoms with E-state index in [1.54, 1.807) is 0 Å². The number of thiol groups is 1. The molecule has 212 valence electrons. The van der Waals surface area contributed by atoms with Crippen LogP contribution in [0.4, 0.5) is 0 Å². The maximum atomic E-state index is 5.63. The van der Waals surface area contributed by atoms with Crippen LogP contribution < -0.4 is 15.9 Å². The van der Waals surface area contributed by atoms with Crippen LogP contribution in [0.5, 0.6) is 0 Å². The minimum absolute atomic E-state index is 0.993. The average molecular weight is 612 g/mol. The molecule has 0 fully saturated rings. The second-order valence-electron chi connectivity index (χ2n) is 11.5. The molecule has 4 heteroatoms. The molecule has 0 saturated heterocycles. The van der Waals surface area contributed by atoms with Crippen LogP contribution in [0, 0.1) is 0 Å². The molecule has 0 aliphatic heterocycles. The molecule has 0 aliphatic carbocycles. The lowest BCUT2D eigenvalue weighted by molar-refractivity contribution is 1.31. The first-order valence-corrected chi connectivity index (χ1v) is 18.1. The lowest BCUT2D eigenvalue weighted by Crippen LogP contribution is -2.27. The highest BCUT2D eigenvalue weighted by molar-refractivity contribution is 8.61. The summed E-state index contributed by atoms with van der Waals surface area (Å²) in [6, 6.07) is 59.0. The molecular weight excluding hydrogens is 584 g/mol. The summed E-state index contributed by atoms with van der Waals surface area (Å²) in [7, 11) is 0. The maximum absolute atomic E-state index is 5.63. The van der Waals surface area contributed by atoms with Crippen LogP contribution in [0.1, 0.15) is 0 Å². The van der Waals surface area contributed by atoms with Gasteiger partial charge in [0.05, 0.1) is 16.6 Å². The number of benzene rings is 7. The lowest BCUT2D eigenvalue weighted by Gasteiger charge is -2.23. The lowest BCUT2D eigenvalue weighted by atomic mass is 9.95. The molecule has 0 bridgehead atoms. The van der Waals surface area contributed by atoms with Gasteiger partial charge in [-0.25, -0.2) is 4.98 Å². The fourth-order valence-electron chi connectivity index (χ4n) is 7.02. The van der Waals surface area contributed by atoms with Crippen LogP contribution in [0.15, 0.2) is 164 Å². The van der Waals surface area contributed by atoms with Crippen molar-refractivity contribution < 1.29 is 0 Å². The minimum Gasteiger partial charge on any atom is -0.292 e. The Morgan fingerprint density at radius 2 is 1.09 bits per heavy atom. The van der Waals surface area contributed by atoms with E-state index in [9.17, 15) is 0 Å². The predicted molar refractivity (Wildman–Crippen MR) is 198 cm³/mol. The second-order valence-corrected chi connectivity index (χ2v) is 16.1. The van der Waals surface area contributed by atoms with Gasteiger partial charge < -0.3 is 0 Å². The van der Waals surface area contributed by atoms with Crippen molar-refractivity contribution in [2.24, 2.45) is 0 Å². The van der Waals surface area contributed by atoms with E-state index in [-0.39, 0.29) is 0 Å². The molecule has 9 aromatic rings. The summed E-state index contributed by atoms with van der Waals surface area (Å²) in [5.41, 5.74) is 6.71. The van der Waals surface area contributed by atoms with E-state index in [0.717, 1.165) is 22.1 Å². The first-order valence-electron chi connectivity index (χ1n) is 15.2. The Balaban J connectivity index is 1.31. The smallest absolute Gasteiger partial charge is 0.168 e. The molecule has 7 aromatic carbocycles. The zero-order chi connectivity index (χ0) is 30.0. The molecule has 0 amide bonds. The Morgan fingerprint density at radius 1 is 0.467 bits per heavy atom. The Kier molecular flexibility index (Phi) is 6.06. The molecule has 2 aromatic heterocycles. The van der Waals surface area contributed by atoms with E-state index in [0.29, 0.717) is 0 Å². The summed E-state index contributed by atoms with van der Waals surface area (Å²) in [5.74, 6) is 0. The number of pyridine rings is 1. The van der Waals surface area contributed by atoms with Crippen LogP contribution in [-0.2, 0) is 0 Å². The number of hydrogen-bond acceptors (Lipinski definition) is 2. The van der Waals surface area contributed by atoms with E-state index in [4.69, 9.17) is 17.2 Å². The van der Waals surface area contributed by atoms with Gasteiger partial charge in [-0.1, -0.05) is 103 Å². The topological polar surface area (TPSA) is 17.3 Å². The summed E-state index contributed by atoms with van der Waals surface area (Å²) >= 11 is 5.63. The number of rotatable bonds is 4. The molecule has 2 heterocycles. The summed E-state index contributed by atoms with van der Waals surface area (Å²) in [6.07, 6.45) is 0. The number of hydrogen-bond donors (Lipinski definition) is 1. The predicted octanol–water partition coefficient (Wildman–Crippen LogP) is 9.75. The summed E-state index contributed by atoms with van der Waals surface area (Å²) in [4.78, 5) is 5.10. The van der Waals surface area contributed by atoms with Gasteiger partial charge in [0.25, 0.3) is 0 Å². The minimum atomic E-state index is -2.21.